The molecule has 2 N–H and O–H groups in total. The maximum absolute atomic E-state index is 9.93. The fourth-order valence-electron chi connectivity index (χ4n) is 6.78. The third-order valence-corrected chi connectivity index (χ3v) is 8.06. The van der Waals surface area contributed by atoms with Crippen molar-refractivity contribution in [1.29, 1.82) is 0 Å². The van der Waals surface area contributed by atoms with Crippen molar-refractivity contribution in [3.05, 3.63) is 36.0 Å². The van der Waals surface area contributed by atoms with E-state index in [1.807, 2.05) is 6.08 Å². The molecular weight excluding hydrogens is 314 g/mol. The highest BCUT2D eigenvalue weighted by Crippen LogP contribution is 2.66. The van der Waals surface area contributed by atoms with Crippen molar-refractivity contribution in [3.63, 3.8) is 0 Å². The van der Waals surface area contributed by atoms with Gasteiger partial charge in [0.25, 0.3) is 0 Å². The van der Waals surface area contributed by atoms with E-state index in [0.29, 0.717) is 23.7 Å². The summed E-state index contributed by atoms with van der Waals surface area (Å²) in [6.45, 7) is 2.39. The van der Waals surface area contributed by atoms with Crippen LogP contribution in [-0.4, -0.2) is 27.9 Å². The van der Waals surface area contributed by atoms with Gasteiger partial charge in [0.2, 0.25) is 0 Å². The summed E-state index contributed by atoms with van der Waals surface area (Å²) in [5.41, 5.74) is 2.01. The van der Waals surface area contributed by atoms with Gasteiger partial charge in [0.1, 0.15) is 0 Å². The van der Waals surface area contributed by atoms with Crippen LogP contribution in [0.25, 0.3) is 0 Å². The molecule has 5 aliphatic rings. The van der Waals surface area contributed by atoms with E-state index in [9.17, 15) is 5.11 Å². The third kappa shape index (κ3) is 2.04. The molecule has 0 bridgehead atoms. The van der Waals surface area contributed by atoms with E-state index in [1.54, 1.807) is 0 Å². The van der Waals surface area contributed by atoms with Crippen LogP contribution in [0.1, 0.15) is 45.4 Å². The molecule has 25 heavy (non-hydrogen) atoms. The van der Waals surface area contributed by atoms with Crippen LogP contribution in [-0.2, 0) is 4.74 Å². The van der Waals surface area contributed by atoms with E-state index >= 15 is 0 Å². The lowest BCUT2D eigenvalue weighted by Gasteiger charge is -2.54. The van der Waals surface area contributed by atoms with Gasteiger partial charge in [-0.2, -0.15) is 0 Å². The molecule has 4 unspecified atom stereocenters. The number of ether oxygens (including phenoxy) is 1. The molecule has 5 rings (SSSR count). The van der Waals surface area contributed by atoms with E-state index in [-0.39, 0.29) is 11.0 Å². The van der Waals surface area contributed by atoms with Crippen molar-refractivity contribution in [2.24, 2.45) is 34.2 Å². The van der Waals surface area contributed by atoms with Gasteiger partial charge in [0.15, 0.2) is 6.29 Å². The van der Waals surface area contributed by atoms with Gasteiger partial charge in [-0.25, -0.2) is 0 Å². The predicted molar refractivity (Wildman–Crippen MR) is 95.2 cm³/mol. The summed E-state index contributed by atoms with van der Waals surface area (Å²) in [6, 6.07) is 0. The van der Waals surface area contributed by atoms with Crippen molar-refractivity contribution in [2.75, 3.05) is 0 Å². The zero-order valence-corrected chi connectivity index (χ0v) is 14.8. The van der Waals surface area contributed by atoms with E-state index in [0.717, 1.165) is 31.4 Å². The van der Waals surface area contributed by atoms with Crippen LogP contribution in [0, 0.1) is 29.1 Å². The molecule has 7 atom stereocenters. The van der Waals surface area contributed by atoms with E-state index in [1.165, 1.54) is 18.4 Å². The lowest BCUT2D eigenvalue weighted by molar-refractivity contribution is -0.177. The Morgan fingerprint density at radius 2 is 2.08 bits per heavy atom. The highest BCUT2D eigenvalue weighted by atomic mass is 16.6. The first kappa shape index (κ1) is 15.8. The molecule has 134 valence electrons. The number of fused-ring (bicyclic) bond motifs is 6. The highest BCUT2D eigenvalue weighted by molar-refractivity contribution is 5.96. The molecule has 2 saturated carbocycles. The first-order valence-corrected chi connectivity index (χ1v) is 9.72. The SMILES string of the molecule is C[C@]12CCC3C(C=CC4=C/C(=N/O)CC[C@@H]43)C1CC[C@@]21C=CC(O)O1. The van der Waals surface area contributed by atoms with Crippen LogP contribution < -0.4 is 0 Å². The molecule has 0 saturated heterocycles. The number of nitrogens with zero attached hydrogens (tertiary/aromatic N) is 1. The van der Waals surface area contributed by atoms with Crippen LogP contribution in [0.3, 0.4) is 0 Å². The van der Waals surface area contributed by atoms with Crippen LogP contribution in [0.4, 0.5) is 0 Å². The Hall–Kier alpha value is -1.39. The quantitative estimate of drug-likeness (QED) is 0.400. The van der Waals surface area contributed by atoms with Crippen molar-refractivity contribution >= 4 is 5.71 Å². The normalized spacial score (nSPS) is 52.2. The number of oxime groups is 1. The summed E-state index contributed by atoms with van der Waals surface area (Å²) in [7, 11) is 0. The molecule has 0 aromatic carbocycles. The number of hydrogen-bond acceptors (Lipinski definition) is 4. The van der Waals surface area contributed by atoms with E-state index in [2.05, 4.69) is 36.4 Å². The lowest BCUT2D eigenvalue weighted by atomic mass is 9.52. The Kier molecular flexibility index (Phi) is 3.36. The molecule has 0 amide bonds. The molecule has 0 radical (unpaired) electrons. The topological polar surface area (TPSA) is 62.1 Å². The van der Waals surface area contributed by atoms with Crippen molar-refractivity contribution in [3.8, 4) is 0 Å². The maximum Gasteiger partial charge on any atom is 0.175 e. The zero-order chi connectivity index (χ0) is 17.2. The van der Waals surface area contributed by atoms with Gasteiger partial charge in [-0.05, 0) is 79.9 Å². The van der Waals surface area contributed by atoms with Crippen LogP contribution in [0.15, 0.2) is 41.1 Å². The van der Waals surface area contributed by atoms with Crippen molar-refractivity contribution in [1.82, 2.24) is 0 Å². The minimum atomic E-state index is -0.737. The average molecular weight is 341 g/mol. The molecule has 0 aromatic rings. The molecule has 0 aromatic heterocycles. The van der Waals surface area contributed by atoms with Gasteiger partial charge < -0.3 is 15.1 Å². The van der Waals surface area contributed by atoms with Crippen molar-refractivity contribution in [2.45, 2.75) is 57.3 Å². The summed E-state index contributed by atoms with van der Waals surface area (Å²) >= 11 is 0. The summed E-state index contributed by atoms with van der Waals surface area (Å²) < 4.78 is 6.06. The molecule has 4 heteroatoms. The number of aliphatic hydroxyl groups excluding tert-OH is 1. The summed E-state index contributed by atoms with van der Waals surface area (Å²) in [6.07, 6.45) is 16.6. The van der Waals surface area contributed by atoms with Gasteiger partial charge in [-0.15, -0.1) is 0 Å². The first-order valence-electron chi connectivity index (χ1n) is 9.72. The molecule has 1 heterocycles. The van der Waals surface area contributed by atoms with Gasteiger partial charge in [-0.3, -0.25) is 0 Å². The maximum atomic E-state index is 9.93. The molecule has 4 nitrogen and oxygen atoms in total. The first-order chi connectivity index (χ1) is 12.1. The second kappa shape index (κ2) is 5.31. The van der Waals surface area contributed by atoms with Crippen LogP contribution in [0.5, 0.6) is 0 Å². The van der Waals surface area contributed by atoms with Crippen LogP contribution >= 0.6 is 0 Å². The number of aliphatic hydroxyl groups is 1. The second-order valence-corrected chi connectivity index (χ2v) is 8.84. The minimum absolute atomic E-state index is 0.111. The molecule has 1 aliphatic heterocycles. The average Bonchev–Trinajstić information content (AvgIpc) is 3.15. The number of allylic oxidation sites excluding steroid dienone is 4. The molecule has 1 spiro atoms. The smallest absolute Gasteiger partial charge is 0.175 e. The fourth-order valence-corrected chi connectivity index (χ4v) is 6.78. The van der Waals surface area contributed by atoms with Gasteiger partial charge >= 0.3 is 0 Å². The van der Waals surface area contributed by atoms with Crippen LogP contribution in [0.2, 0.25) is 0 Å². The summed E-state index contributed by atoms with van der Waals surface area (Å²) in [5, 5.41) is 22.4. The standard InChI is InChI=1S/C21H27NO3/c1-20-9-6-16-15-5-3-14(22-24)12-13(15)2-4-17(16)18(20)7-10-21(20)11-8-19(23)25-21/h2,4,8,11-12,15-19,23-24H,3,5-7,9-10H2,1H3/b22-14+/t15-,16?,17?,18?,19?,20-,21+/m0/s1. The lowest BCUT2D eigenvalue weighted by Crippen LogP contribution is -2.51. The Bertz CT molecular complexity index is 708. The zero-order valence-electron chi connectivity index (χ0n) is 14.8. The summed E-state index contributed by atoms with van der Waals surface area (Å²) in [5.74, 6) is 2.52. The fraction of sp³-hybridized carbons (Fsp3) is 0.667. The Labute approximate surface area is 148 Å². The van der Waals surface area contributed by atoms with E-state index in [4.69, 9.17) is 9.94 Å². The monoisotopic (exact) mass is 341 g/mol. The third-order valence-electron chi connectivity index (χ3n) is 8.06. The van der Waals surface area contributed by atoms with Crippen molar-refractivity contribution < 1.29 is 15.1 Å². The molecular formula is C21H27NO3. The number of rotatable bonds is 0. The Morgan fingerprint density at radius 3 is 2.84 bits per heavy atom. The van der Waals surface area contributed by atoms with Gasteiger partial charge in [-0.1, -0.05) is 30.3 Å². The molecule has 2 fully saturated rings. The molecule has 4 aliphatic carbocycles. The van der Waals surface area contributed by atoms with Gasteiger partial charge in [0.05, 0.1) is 11.3 Å². The highest BCUT2D eigenvalue weighted by Gasteiger charge is 2.63. The largest absolute Gasteiger partial charge is 0.411 e. The van der Waals surface area contributed by atoms with Gasteiger partial charge in [0, 0.05) is 5.41 Å². The Balaban J connectivity index is 1.49. The second-order valence-electron chi connectivity index (χ2n) is 8.84. The van der Waals surface area contributed by atoms with E-state index < -0.39 is 6.29 Å². The predicted octanol–water partition coefficient (Wildman–Crippen LogP) is 3.81. The summed E-state index contributed by atoms with van der Waals surface area (Å²) in [4.78, 5) is 0. The minimum Gasteiger partial charge on any atom is -0.411 e. The Morgan fingerprint density at radius 1 is 1.20 bits per heavy atom. The number of hydrogen-bond donors (Lipinski definition) is 2.